The molecule has 1 amide bonds. The van der Waals surface area contributed by atoms with E-state index in [9.17, 15) is 4.79 Å². The molecule has 0 N–H and O–H groups in total. The lowest BCUT2D eigenvalue weighted by Gasteiger charge is -2.28. The van der Waals surface area contributed by atoms with Crippen LogP contribution in [0.1, 0.15) is 45.3 Å². The third-order valence-electron chi connectivity index (χ3n) is 2.86. The van der Waals surface area contributed by atoms with Crippen molar-refractivity contribution in [3.63, 3.8) is 0 Å². The fourth-order valence-corrected chi connectivity index (χ4v) is 2.31. The van der Waals surface area contributed by atoms with Gasteiger partial charge in [0.25, 0.3) is 0 Å². The summed E-state index contributed by atoms with van der Waals surface area (Å²) < 4.78 is 6.12. The van der Waals surface area contributed by atoms with Crippen LogP contribution in [0.25, 0.3) is 0 Å². The Bertz CT molecular complexity index is 456. The highest BCUT2D eigenvalue weighted by Crippen LogP contribution is 2.31. The predicted octanol–water partition coefficient (Wildman–Crippen LogP) is 3.31. The SMILES string of the molecule is CC(C)(C)OC(=O)N1CCC[C@@H]1c1cnc(Br)cn1. The van der Waals surface area contributed by atoms with Gasteiger partial charge in [-0.3, -0.25) is 9.88 Å². The highest BCUT2D eigenvalue weighted by atomic mass is 79.9. The topological polar surface area (TPSA) is 55.3 Å². The van der Waals surface area contributed by atoms with Gasteiger partial charge >= 0.3 is 6.09 Å². The third-order valence-corrected chi connectivity index (χ3v) is 3.27. The zero-order valence-corrected chi connectivity index (χ0v) is 13.0. The number of rotatable bonds is 1. The maximum atomic E-state index is 12.2. The zero-order chi connectivity index (χ0) is 14.0. The van der Waals surface area contributed by atoms with Crippen molar-refractivity contribution in [2.45, 2.75) is 45.3 Å². The molecule has 0 saturated carbocycles. The largest absolute Gasteiger partial charge is 0.444 e. The quantitative estimate of drug-likeness (QED) is 0.794. The van der Waals surface area contributed by atoms with E-state index >= 15 is 0 Å². The van der Waals surface area contributed by atoms with Gasteiger partial charge in [-0.2, -0.15) is 0 Å². The molecule has 2 heterocycles. The molecule has 0 spiro atoms. The monoisotopic (exact) mass is 327 g/mol. The molecule has 19 heavy (non-hydrogen) atoms. The second kappa shape index (κ2) is 5.45. The van der Waals surface area contributed by atoms with Crippen LogP contribution in [0.5, 0.6) is 0 Å². The summed E-state index contributed by atoms with van der Waals surface area (Å²) in [5.41, 5.74) is 0.335. The molecule has 2 rings (SSSR count). The minimum Gasteiger partial charge on any atom is -0.444 e. The summed E-state index contributed by atoms with van der Waals surface area (Å²) >= 11 is 3.26. The molecule has 0 bridgehead atoms. The van der Waals surface area contributed by atoms with Crippen molar-refractivity contribution in [3.05, 3.63) is 22.7 Å². The minimum absolute atomic E-state index is 0.0320. The molecule has 0 unspecified atom stereocenters. The Morgan fingerprint density at radius 2 is 2.16 bits per heavy atom. The second-order valence-electron chi connectivity index (χ2n) is 5.60. The zero-order valence-electron chi connectivity index (χ0n) is 11.4. The number of carbonyl (C=O) groups excluding carboxylic acids is 1. The van der Waals surface area contributed by atoms with Crippen LogP contribution in [0.4, 0.5) is 4.79 Å². The number of hydrogen-bond donors (Lipinski definition) is 0. The molecule has 1 aromatic rings. The molecule has 104 valence electrons. The summed E-state index contributed by atoms with van der Waals surface area (Å²) in [6, 6.07) is -0.0320. The fraction of sp³-hybridized carbons (Fsp3) is 0.615. The first kappa shape index (κ1) is 14.2. The van der Waals surface area contributed by atoms with Gasteiger partial charge in [-0.25, -0.2) is 9.78 Å². The highest BCUT2D eigenvalue weighted by molar-refractivity contribution is 9.10. The predicted molar refractivity (Wildman–Crippen MR) is 74.6 cm³/mol. The Hall–Kier alpha value is -1.17. The minimum atomic E-state index is -0.477. The molecule has 1 aromatic heterocycles. The van der Waals surface area contributed by atoms with Gasteiger partial charge in [-0.15, -0.1) is 0 Å². The van der Waals surface area contributed by atoms with Gasteiger partial charge in [0.15, 0.2) is 0 Å². The Balaban J connectivity index is 2.12. The van der Waals surface area contributed by atoms with E-state index in [1.165, 1.54) is 0 Å². The third kappa shape index (κ3) is 3.65. The molecule has 0 radical (unpaired) electrons. The number of amides is 1. The van der Waals surface area contributed by atoms with Crippen LogP contribution < -0.4 is 0 Å². The lowest BCUT2D eigenvalue weighted by molar-refractivity contribution is 0.0221. The van der Waals surface area contributed by atoms with Gasteiger partial charge in [-0.1, -0.05) is 0 Å². The average molecular weight is 328 g/mol. The van der Waals surface area contributed by atoms with Crippen LogP contribution in [-0.4, -0.2) is 33.1 Å². The average Bonchev–Trinajstić information content (AvgIpc) is 2.76. The number of halogens is 1. The van der Waals surface area contributed by atoms with Crippen LogP contribution in [0, 0.1) is 0 Å². The summed E-state index contributed by atoms with van der Waals surface area (Å²) in [5.74, 6) is 0. The molecule has 1 aliphatic rings. The van der Waals surface area contributed by atoms with Crippen molar-refractivity contribution < 1.29 is 9.53 Å². The van der Waals surface area contributed by atoms with Gasteiger partial charge in [-0.05, 0) is 49.5 Å². The first-order valence-electron chi connectivity index (χ1n) is 6.34. The van der Waals surface area contributed by atoms with Crippen molar-refractivity contribution >= 4 is 22.0 Å². The lowest BCUT2D eigenvalue weighted by atomic mass is 10.1. The van der Waals surface area contributed by atoms with Crippen molar-refractivity contribution in [2.75, 3.05) is 6.54 Å². The Kier molecular flexibility index (Phi) is 4.08. The van der Waals surface area contributed by atoms with Crippen molar-refractivity contribution in [1.82, 2.24) is 14.9 Å². The van der Waals surface area contributed by atoms with E-state index in [-0.39, 0.29) is 12.1 Å². The number of ether oxygens (including phenoxy) is 1. The van der Waals surface area contributed by atoms with E-state index in [1.807, 2.05) is 20.8 Å². The van der Waals surface area contributed by atoms with E-state index in [4.69, 9.17) is 4.74 Å². The molecule has 1 fully saturated rings. The van der Waals surface area contributed by atoms with Crippen LogP contribution >= 0.6 is 15.9 Å². The number of likely N-dealkylation sites (tertiary alicyclic amines) is 1. The molecule has 0 aliphatic carbocycles. The fourth-order valence-electron chi connectivity index (χ4n) is 2.11. The summed E-state index contributed by atoms with van der Waals surface area (Å²) in [6.07, 6.45) is 4.94. The van der Waals surface area contributed by atoms with Gasteiger partial charge in [0.1, 0.15) is 10.2 Å². The number of aromatic nitrogens is 2. The first-order chi connectivity index (χ1) is 8.87. The Labute approximate surface area is 121 Å². The maximum absolute atomic E-state index is 12.2. The molecule has 5 nitrogen and oxygen atoms in total. The second-order valence-corrected chi connectivity index (χ2v) is 6.41. The van der Waals surface area contributed by atoms with Gasteiger partial charge < -0.3 is 4.74 Å². The number of nitrogens with zero attached hydrogens (tertiary/aromatic N) is 3. The van der Waals surface area contributed by atoms with Crippen LogP contribution in [0.3, 0.4) is 0 Å². The van der Waals surface area contributed by atoms with E-state index < -0.39 is 5.60 Å². The van der Waals surface area contributed by atoms with E-state index in [0.717, 1.165) is 18.5 Å². The first-order valence-corrected chi connectivity index (χ1v) is 7.13. The van der Waals surface area contributed by atoms with Gasteiger partial charge in [0.2, 0.25) is 0 Å². The summed E-state index contributed by atoms with van der Waals surface area (Å²) in [5, 5.41) is 0. The summed E-state index contributed by atoms with van der Waals surface area (Å²) in [6.45, 7) is 6.32. The standard InChI is InChI=1S/C13H18BrN3O2/c1-13(2,3)19-12(18)17-6-4-5-10(17)9-7-16-11(14)8-15-9/h7-8,10H,4-6H2,1-3H3/t10-/m1/s1. The summed E-state index contributed by atoms with van der Waals surface area (Å²) in [7, 11) is 0. The Morgan fingerprint density at radius 3 is 2.74 bits per heavy atom. The number of carbonyl (C=O) groups is 1. The van der Waals surface area contributed by atoms with Crippen molar-refractivity contribution in [2.24, 2.45) is 0 Å². The van der Waals surface area contributed by atoms with Gasteiger partial charge in [0, 0.05) is 6.54 Å². The van der Waals surface area contributed by atoms with Crippen LogP contribution in [-0.2, 0) is 4.74 Å². The van der Waals surface area contributed by atoms with E-state index in [2.05, 4.69) is 25.9 Å². The highest BCUT2D eigenvalue weighted by Gasteiger charge is 2.33. The van der Waals surface area contributed by atoms with E-state index in [1.54, 1.807) is 17.3 Å². The maximum Gasteiger partial charge on any atom is 0.410 e. The molecule has 1 atom stereocenters. The number of hydrogen-bond acceptors (Lipinski definition) is 4. The van der Waals surface area contributed by atoms with Gasteiger partial charge in [0.05, 0.1) is 24.1 Å². The van der Waals surface area contributed by atoms with Crippen LogP contribution in [0.2, 0.25) is 0 Å². The molecule has 0 aromatic carbocycles. The normalized spacial score (nSPS) is 19.6. The van der Waals surface area contributed by atoms with Crippen LogP contribution in [0.15, 0.2) is 17.0 Å². The molecule has 1 saturated heterocycles. The smallest absolute Gasteiger partial charge is 0.410 e. The van der Waals surface area contributed by atoms with Crippen molar-refractivity contribution in [3.8, 4) is 0 Å². The lowest BCUT2D eigenvalue weighted by Crippen LogP contribution is -2.36. The molecular weight excluding hydrogens is 310 g/mol. The molecular formula is C13H18BrN3O2. The van der Waals surface area contributed by atoms with Crippen molar-refractivity contribution in [1.29, 1.82) is 0 Å². The van der Waals surface area contributed by atoms with E-state index in [0.29, 0.717) is 11.1 Å². The molecule has 6 heteroatoms. The summed E-state index contributed by atoms with van der Waals surface area (Å²) in [4.78, 5) is 22.4. The Morgan fingerprint density at radius 1 is 1.42 bits per heavy atom. The molecule has 1 aliphatic heterocycles.